The van der Waals surface area contributed by atoms with Crippen molar-refractivity contribution in [1.29, 1.82) is 0 Å². The van der Waals surface area contributed by atoms with Crippen LogP contribution in [0.15, 0.2) is 22.7 Å². The summed E-state index contributed by atoms with van der Waals surface area (Å²) in [6.45, 7) is 6.81. The van der Waals surface area contributed by atoms with Crippen molar-refractivity contribution in [3.63, 3.8) is 0 Å². The molecule has 3 nitrogen and oxygen atoms in total. The topological polar surface area (TPSA) is 41.1 Å². The number of halogens is 2. The Morgan fingerprint density at radius 1 is 1.39 bits per heavy atom. The maximum absolute atomic E-state index is 11.6. The van der Waals surface area contributed by atoms with E-state index in [1.54, 1.807) is 0 Å². The van der Waals surface area contributed by atoms with Crippen molar-refractivity contribution in [3.05, 3.63) is 33.3 Å². The number of benzene rings is 1. The number of carbonyl (C=O) groups is 1. The maximum Gasteiger partial charge on any atom is 0.234 e. The number of rotatable bonds is 4. The minimum atomic E-state index is -0.192. The Hall–Kier alpha value is -0.580. The Bertz CT molecular complexity index is 429. The minimum Gasteiger partial charge on any atom is -0.350 e. The molecule has 0 saturated heterocycles. The van der Waals surface area contributed by atoms with Crippen LogP contribution in [0.4, 0.5) is 0 Å². The lowest BCUT2D eigenvalue weighted by Crippen LogP contribution is -2.44. The van der Waals surface area contributed by atoms with Crippen molar-refractivity contribution >= 4 is 33.4 Å². The van der Waals surface area contributed by atoms with E-state index in [9.17, 15) is 4.79 Å². The average molecular weight is 334 g/mol. The second-order valence-corrected chi connectivity index (χ2v) is 6.41. The van der Waals surface area contributed by atoms with Crippen molar-refractivity contribution in [1.82, 2.24) is 10.6 Å². The zero-order chi connectivity index (χ0) is 13.8. The summed E-state index contributed by atoms with van der Waals surface area (Å²) in [5, 5.41) is 6.67. The van der Waals surface area contributed by atoms with E-state index in [0.717, 1.165) is 10.0 Å². The second-order valence-electron chi connectivity index (χ2n) is 5.15. The molecule has 1 aromatic rings. The fourth-order valence-corrected chi connectivity index (χ4v) is 1.98. The molecule has 1 amide bonds. The normalized spacial score (nSPS) is 11.4. The van der Waals surface area contributed by atoms with Crippen molar-refractivity contribution in [3.8, 4) is 0 Å². The van der Waals surface area contributed by atoms with Crippen LogP contribution < -0.4 is 10.6 Å². The molecule has 5 heteroatoms. The molecule has 18 heavy (non-hydrogen) atoms. The standard InChI is InChI=1S/C13H18BrClN2O/c1-13(2,3)17-12(18)8-16-7-9-4-5-11(15)10(14)6-9/h4-6,16H,7-8H2,1-3H3,(H,17,18). The smallest absolute Gasteiger partial charge is 0.234 e. The van der Waals surface area contributed by atoms with Gasteiger partial charge < -0.3 is 10.6 Å². The summed E-state index contributed by atoms with van der Waals surface area (Å²) >= 11 is 9.27. The van der Waals surface area contributed by atoms with E-state index in [4.69, 9.17) is 11.6 Å². The predicted molar refractivity (Wildman–Crippen MR) is 78.8 cm³/mol. The van der Waals surface area contributed by atoms with E-state index in [2.05, 4.69) is 26.6 Å². The Morgan fingerprint density at radius 2 is 2.06 bits per heavy atom. The Labute approximate surface area is 121 Å². The first-order chi connectivity index (χ1) is 8.28. The van der Waals surface area contributed by atoms with E-state index in [1.165, 1.54) is 0 Å². The summed E-state index contributed by atoms with van der Waals surface area (Å²) < 4.78 is 0.864. The summed E-state index contributed by atoms with van der Waals surface area (Å²) in [7, 11) is 0. The minimum absolute atomic E-state index is 0.00414. The Morgan fingerprint density at radius 3 is 2.61 bits per heavy atom. The summed E-state index contributed by atoms with van der Waals surface area (Å²) in [4.78, 5) is 11.6. The molecule has 0 bridgehead atoms. The highest BCUT2D eigenvalue weighted by Gasteiger charge is 2.12. The molecule has 0 aromatic heterocycles. The van der Waals surface area contributed by atoms with Crippen LogP contribution in [0.2, 0.25) is 5.02 Å². The zero-order valence-electron chi connectivity index (χ0n) is 10.8. The summed E-state index contributed by atoms with van der Waals surface area (Å²) in [5.74, 6) is -0.00414. The highest BCUT2D eigenvalue weighted by Crippen LogP contribution is 2.22. The fraction of sp³-hybridized carbons (Fsp3) is 0.462. The van der Waals surface area contributed by atoms with Gasteiger partial charge in [-0.15, -0.1) is 0 Å². The molecule has 0 unspecified atom stereocenters. The Kier molecular flexibility index (Phi) is 5.63. The molecule has 0 radical (unpaired) electrons. The van der Waals surface area contributed by atoms with Crippen LogP contribution >= 0.6 is 27.5 Å². The molecule has 0 heterocycles. The lowest BCUT2D eigenvalue weighted by atomic mass is 10.1. The maximum atomic E-state index is 11.6. The fourth-order valence-electron chi connectivity index (χ4n) is 1.43. The first-order valence-electron chi connectivity index (χ1n) is 5.73. The van der Waals surface area contributed by atoms with Gasteiger partial charge in [-0.3, -0.25) is 4.79 Å². The number of carbonyl (C=O) groups excluding carboxylic acids is 1. The van der Waals surface area contributed by atoms with E-state index in [0.29, 0.717) is 18.1 Å². The van der Waals surface area contributed by atoms with E-state index in [1.807, 2.05) is 39.0 Å². The third-order valence-electron chi connectivity index (χ3n) is 2.11. The van der Waals surface area contributed by atoms with Gasteiger partial charge in [0, 0.05) is 16.6 Å². The van der Waals surface area contributed by atoms with Gasteiger partial charge in [0.25, 0.3) is 0 Å². The Balaban J connectivity index is 2.38. The highest BCUT2D eigenvalue weighted by molar-refractivity contribution is 9.10. The SMILES string of the molecule is CC(C)(C)NC(=O)CNCc1ccc(Cl)c(Br)c1. The molecule has 0 aliphatic rings. The first kappa shape index (κ1) is 15.5. The van der Waals surface area contributed by atoms with E-state index < -0.39 is 0 Å². The van der Waals surface area contributed by atoms with Gasteiger partial charge in [0.2, 0.25) is 5.91 Å². The zero-order valence-corrected chi connectivity index (χ0v) is 13.2. The number of nitrogens with one attached hydrogen (secondary N) is 2. The monoisotopic (exact) mass is 332 g/mol. The van der Waals surface area contributed by atoms with Crippen LogP contribution in [0.5, 0.6) is 0 Å². The van der Waals surface area contributed by atoms with Crippen LogP contribution in [0.3, 0.4) is 0 Å². The van der Waals surface area contributed by atoms with Gasteiger partial charge in [0.15, 0.2) is 0 Å². The van der Waals surface area contributed by atoms with Gasteiger partial charge in [-0.05, 0) is 54.4 Å². The highest BCUT2D eigenvalue weighted by atomic mass is 79.9. The largest absolute Gasteiger partial charge is 0.350 e. The summed E-state index contributed by atoms with van der Waals surface area (Å²) in [6.07, 6.45) is 0. The number of hydrogen-bond acceptors (Lipinski definition) is 2. The van der Waals surface area contributed by atoms with Gasteiger partial charge in [-0.25, -0.2) is 0 Å². The van der Waals surface area contributed by atoms with Crippen LogP contribution in [0.1, 0.15) is 26.3 Å². The van der Waals surface area contributed by atoms with Crippen molar-refractivity contribution in [2.24, 2.45) is 0 Å². The van der Waals surface area contributed by atoms with Crippen molar-refractivity contribution < 1.29 is 4.79 Å². The first-order valence-corrected chi connectivity index (χ1v) is 6.91. The quantitative estimate of drug-likeness (QED) is 0.889. The van der Waals surface area contributed by atoms with Crippen LogP contribution in [-0.2, 0) is 11.3 Å². The van der Waals surface area contributed by atoms with Crippen LogP contribution in [0, 0.1) is 0 Å². The van der Waals surface area contributed by atoms with Crippen molar-refractivity contribution in [2.75, 3.05) is 6.54 Å². The third-order valence-corrected chi connectivity index (χ3v) is 3.33. The molecule has 0 aliphatic heterocycles. The molecule has 1 aromatic carbocycles. The molecule has 100 valence electrons. The van der Waals surface area contributed by atoms with Gasteiger partial charge >= 0.3 is 0 Å². The van der Waals surface area contributed by atoms with Gasteiger partial charge in [0.1, 0.15) is 0 Å². The number of amides is 1. The third kappa shape index (κ3) is 5.85. The van der Waals surface area contributed by atoms with Crippen LogP contribution in [-0.4, -0.2) is 18.0 Å². The van der Waals surface area contributed by atoms with Gasteiger partial charge in [-0.2, -0.15) is 0 Å². The molecular weight excluding hydrogens is 316 g/mol. The lowest BCUT2D eigenvalue weighted by Gasteiger charge is -2.20. The van der Waals surface area contributed by atoms with Crippen molar-refractivity contribution in [2.45, 2.75) is 32.9 Å². The molecule has 0 fully saturated rings. The van der Waals surface area contributed by atoms with E-state index >= 15 is 0 Å². The molecular formula is C13H18BrClN2O. The summed E-state index contributed by atoms with van der Waals surface area (Å²) in [6, 6.07) is 5.70. The molecule has 1 rings (SSSR count). The van der Waals surface area contributed by atoms with Gasteiger partial charge in [0.05, 0.1) is 11.6 Å². The van der Waals surface area contributed by atoms with Gasteiger partial charge in [-0.1, -0.05) is 17.7 Å². The lowest BCUT2D eigenvalue weighted by molar-refractivity contribution is -0.121. The number of hydrogen-bond donors (Lipinski definition) is 2. The second kappa shape index (κ2) is 6.55. The molecule has 0 aliphatic carbocycles. The molecule has 0 saturated carbocycles. The molecule has 0 spiro atoms. The van der Waals surface area contributed by atoms with Crippen LogP contribution in [0.25, 0.3) is 0 Å². The molecule has 0 atom stereocenters. The summed E-state index contributed by atoms with van der Waals surface area (Å²) in [5.41, 5.74) is 0.886. The predicted octanol–water partition coefficient (Wildman–Crippen LogP) is 3.11. The average Bonchev–Trinajstić information content (AvgIpc) is 2.20. The van der Waals surface area contributed by atoms with E-state index in [-0.39, 0.29) is 11.4 Å². The molecule has 2 N–H and O–H groups in total.